The molecule has 2 fully saturated rings. The summed E-state index contributed by atoms with van der Waals surface area (Å²) in [6, 6.07) is 10.9. The first kappa shape index (κ1) is 22.8. The number of morpholine rings is 1. The highest BCUT2D eigenvalue weighted by molar-refractivity contribution is 5.80. The third-order valence-electron chi connectivity index (χ3n) is 6.53. The van der Waals surface area contributed by atoms with E-state index in [1.54, 1.807) is 0 Å². The first-order chi connectivity index (χ1) is 15.6. The highest BCUT2D eigenvalue weighted by Gasteiger charge is 2.35. The Labute approximate surface area is 191 Å². The van der Waals surface area contributed by atoms with Crippen molar-refractivity contribution in [2.24, 2.45) is 12.0 Å². The smallest absolute Gasteiger partial charge is 0.193 e. The molecule has 0 radical (unpaired) electrons. The fourth-order valence-corrected chi connectivity index (χ4v) is 4.65. The molecule has 4 rings (SSSR count). The van der Waals surface area contributed by atoms with Crippen LogP contribution in [0.1, 0.15) is 43.0 Å². The number of aryl methyl sites for hydroxylation is 1. The lowest BCUT2D eigenvalue weighted by Gasteiger charge is -2.42. The highest BCUT2D eigenvalue weighted by atomic mass is 16.5. The zero-order valence-corrected chi connectivity index (χ0v) is 19.5. The van der Waals surface area contributed by atoms with Gasteiger partial charge in [-0.15, -0.1) is 0 Å². The van der Waals surface area contributed by atoms with Gasteiger partial charge >= 0.3 is 0 Å². The first-order valence-corrected chi connectivity index (χ1v) is 11.5. The molecular formula is C24H36N6O2. The highest BCUT2D eigenvalue weighted by Crippen LogP contribution is 2.26. The average Bonchev–Trinajstić information content (AvgIpc) is 3.27. The second kappa shape index (κ2) is 10.5. The van der Waals surface area contributed by atoms with Gasteiger partial charge < -0.3 is 25.0 Å². The predicted octanol–water partition coefficient (Wildman–Crippen LogP) is 2.27. The van der Waals surface area contributed by atoms with Gasteiger partial charge in [0.15, 0.2) is 5.96 Å². The van der Waals surface area contributed by atoms with Gasteiger partial charge in [-0.25, -0.2) is 0 Å². The van der Waals surface area contributed by atoms with Crippen LogP contribution in [-0.4, -0.2) is 72.7 Å². The normalized spacial score (nSPS) is 22.5. The van der Waals surface area contributed by atoms with Gasteiger partial charge in [0.25, 0.3) is 0 Å². The Hall–Kier alpha value is -2.42. The van der Waals surface area contributed by atoms with Crippen LogP contribution in [0.5, 0.6) is 0 Å². The molecule has 174 valence electrons. The molecule has 2 aromatic rings. The minimum Gasteiger partial charge on any atom is -0.381 e. The van der Waals surface area contributed by atoms with Crippen molar-refractivity contribution in [1.82, 2.24) is 25.3 Å². The summed E-state index contributed by atoms with van der Waals surface area (Å²) < 4.78 is 13.5. The van der Waals surface area contributed by atoms with Crippen LogP contribution in [-0.2, 0) is 16.5 Å². The quantitative estimate of drug-likeness (QED) is 0.530. The largest absolute Gasteiger partial charge is 0.381 e. The number of nitrogens with zero attached hydrogens (tertiary/aromatic N) is 4. The fourth-order valence-electron chi connectivity index (χ4n) is 4.65. The van der Waals surface area contributed by atoms with Crippen LogP contribution in [0.2, 0.25) is 0 Å². The van der Waals surface area contributed by atoms with Crippen LogP contribution in [0.3, 0.4) is 0 Å². The number of nitrogens with one attached hydrogen (secondary N) is 2. The van der Waals surface area contributed by atoms with E-state index >= 15 is 0 Å². The maximum absolute atomic E-state index is 6.01. The lowest BCUT2D eigenvalue weighted by Crippen LogP contribution is -2.59. The standard InChI is InChI=1S/C24H36N6O2/c1-19(20-7-5-4-6-8-20)28-24(9-12-31-13-10-24)18-26-23(25-2)30-11-14-32-22(17-30)21-15-27-29(3)16-21/h4-8,15-16,19,22,28H,9-14,17-18H2,1-3H3,(H,25,26). The van der Waals surface area contributed by atoms with Crippen molar-refractivity contribution in [3.05, 3.63) is 53.9 Å². The summed E-state index contributed by atoms with van der Waals surface area (Å²) >= 11 is 0. The number of aliphatic imine (C=N–C) groups is 1. The summed E-state index contributed by atoms with van der Waals surface area (Å²) in [4.78, 5) is 6.88. The van der Waals surface area contributed by atoms with Crippen molar-refractivity contribution in [1.29, 1.82) is 0 Å². The molecule has 0 aliphatic carbocycles. The maximum atomic E-state index is 6.01. The molecule has 2 atom stereocenters. The Morgan fingerprint density at radius 3 is 2.72 bits per heavy atom. The van der Waals surface area contributed by atoms with E-state index < -0.39 is 0 Å². The maximum Gasteiger partial charge on any atom is 0.193 e. The summed E-state index contributed by atoms with van der Waals surface area (Å²) in [5, 5.41) is 11.9. The van der Waals surface area contributed by atoms with Crippen molar-refractivity contribution in [3.63, 3.8) is 0 Å². The number of hydrogen-bond acceptors (Lipinski definition) is 5. The molecule has 3 heterocycles. The summed E-state index contributed by atoms with van der Waals surface area (Å²) in [5.41, 5.74) is 2.36. The second-order valence-electron chi connectivity index (χ2n) is 8.82. The zero-order chi connectivity index (χ0) is 22.4. The van der Waals surface area contributed by atoms with Gasteiger partial charge in [-0.1, -0.05) is 30.3 Å². The third-order valence-corrected chi connectivity index (χ3v) is 6.53. The van der Waals surface area contributed by atoms with Crippen molar-refractivity contribution < 1.29 is 9.47 Å². The molecule has 32 heavy (non-hydrogen) atoms. The number of aromatic nitrogens is 2. The van der Waals surface area contributed by atoms with E-state index in [1.807, 2.05) is 31.2 Å². The molecule has 8 heteroatoms. The van der Waals surface area contributed by atoms with Gasteiger partial charge in [-0.05, 0) is 25.3 Å². The van der Waals surface area contributed by atoms with E-state index in [-0.39, 0.29) is 17.7 Å². The molecule has 2 aliphatic heterocycles. The number of hydrogen-bond donors (Lipinski definition) is 2. The molecule has 1 aromatic heterocycles. The van der Waals surface area contributed by atoms with Crippen LogP contribution >= 0.6 is 0 Å². The van der Waals surface area contributed by atoms with Crippen molar-refractivity contribution >= 4 is 5.96 Å². The fraction of sp³-hybridized carbons (Fsp3) is 0.583. The van der Waals surface area contributed by atoms with Crippen LogP contribution in [0.15, 0.2) is 47.7 Å². The Balaban J connectivity index is 1.41. The topological polar surface area (TPSA) is 75.9 Å². The average molecular weight is 441 g/mol. The third kappa shape index (κ3) is 5.49. The molecule has 2 N–H and O–H groups in total. The molecule has 2 unspecified atom stereocenters. The Morgan fingerprint density at radius 2 is 2.03 bits per heavy atom. The molecule has 2 saturated heterocycles. The van der Waals surface area contributed by atoms with Gasteiger partial charge in [-0.2, -0.15) is 5.10 Å². The van der Waals surface area contributed by atoms with E-state index in [9.17, 15) is 0 Å². The van der Waals surface area contributed by atoms with Gasteiger partial charge in [-0.3, -0.25) is 9.67 Å². The van der Waals surface area contributed by atoms with Gasteiger partial charge in [0.2, 0.25) is 0 Å². The molecular weight excluding hydrogens is 404 g/mol. The molecule has 0 spiro atoms. The summed E-state index contributed by atoms with van der Waals surface area (Å²) in [6.45, 7) is 6.83. The molecule has 0 amide bonds. The number of rotatable bonds is 6. The Bertz CT molecular complexity index is 878. The van der Waals surface area contributed by atoms with E-state index in [2.05, 4.69) is 62.9 Å². The monoisotopic (exact) mass is 440 g/mol. The van der Waals surface area contributed by atoms with E-state index in [0.717, 1.165) is 57.2 Å². The molecule has 1 aromatic carbocycles. The first-order valence-electron chi connectivity index (χ1n) is 11.5. The second-order valence-corrected chi connectivity index (χ2v) is 8.82. The molecule has 0 saturated carbocycles. The predicted molar refractivity (Wildman–Crippen MR) is 126 cm³/mol. The summed E-state index contributed by atoms with van der Waals surface area (Å²) in [5.74, 6) is 0.919. The minimum absolute atomic E-state index is 0.00395. The van der Waals surface area contributed by atoms with Crippen molar-refractivity contribution in [2.75, 3.05) is 46.5 Å². The molecule has 2 aliphatic rings. The van der Waals surface area contributed by atoms with Crippen LogP contribution < -0.4 is 10.6 Å². The van der Waals surface area contributed by atoms with Gasteiger partial charge in [0.1, 0.15) is 6.10 Å². The molecule has 0 bridgehead atoms. The van der Waals surface area contributed by atoms with Crippen molar-refractivity contribution in [2.45, 2.75) is 37.5 Å². The van der Waals surface area contributed by atoms with Crippen LogP contribution in [0, 0.1) is 0 Å². The number of guanidine groups is 1. The SMILES string of the molecule is CN=C(NCC1(NC(C)c2ccccc2)CCOCC1)N1CCOC(c2cnn(C)c2)C1. The van der Waals surface area contributed by atoms with E-state index in [1.165, 1.54) is 5.56 Å². The number of ether oxygens (including phenoxy) is 2. The van der Waals surface area contributed by atoms with Crippen LogP contribution in [0.4, 0.5) is 0 Å². The Morgan fingerprint density at radius 1 is 1.25 bits per heavy atom. The van der Waals surface area contributed by atoms with Crippen LogP contribution in [0.25, 0.3) is 0 Å². The van der Waals surface area contributed by atoms with E-state index in [0.29, 0.717) is 6.61 Å². The lowest BCUT2D eigenvalue weighted by atomic mass is 9.88. The zero-order valence-electron chi connectivity index (χ0n) is 19.5. The van der Waals surface area contributed by atoms with E-state index in [4.69, 9.17) is 9.47 Å². The summed E-state index contributed by atoms with van der Waals surface area (Å²) in [7, 11) is 3.79. The minimum atomic E-state index is -0.0432. The number of benzene rings is 1. The van der Waals surface area contributed by atoms with Gasteiger partial charge in [0.05, 0.1) is 19.3 Å². The lowest BCUT2D eigenvalue weighted by molar-refractivity contribution is -0.00854. The Kier molecular flexibility index (Phi) is 7.44. The molecule has 8 nitrogen and oxygen atoms in total. The van der Waals surface area contributed by atoms with Gasteiger partial charge in [0, 0.05) is 63.7 Å². The van der Waals surface area contributed by atoms with Crippen molar-refractivity contribution in [3.8, 4) is 0 Å². The summed E-state index contributed by atoms with van der Waals surface area (Å²) in [6.07, 6.45) is 5.85.